The highest BCUT2D eigenvalue weighted by atomic mass is 32.2. The lowest BCUT2D eigenvalue weighted by atomic mass is 10.1. The molecular weight excluding hydrogens is 474 g/mol. The molecule has 0 atom stereocenters. The van der Waals surface area contributed by atoms with Gasteiger partial charge in [0.05, 0.1) is 16.6 Å². The number of aryl methyl sites for hydroxylation is 2. The normalized spacial score (nSPS) is 14.2. The predicted molar refractivity (Wildman–Crippen MR) is 142 cm³/mol. The van der Waals surface area contributed by atoms with Gasteiger partial charge in [0.15, 0.2) is 9.84 Å². The Bertz CT molecular complexity index is 1310. The number of rotatable bonds is 7. The van der Waals surface area contributed by atoms with Gasteiger partial charge in [-0.1, -0.05) is 29.8 Å². The van der Waals surface area contributed by atoms with Crippen LogP contribution in [0.15, 0.2) is 59.5 Å². The molecule has 1 aliphatic heterocycles. The number of carbonyl (C=O) groups is 1. The van der Waals surface area contributed by atoms with Crippen LogP contribution in [0.25, 0.3) is 0 Å². The van der Waals surface area contributed by atoms with Crippen LogP contribution in [0.4, 0.5) is 17.5 Å². The molecule has 0 spiro atoms. The van der Waals surface area contributed by atoms with Gasteiger partial charge in [-0.2, -0.15) is 4.98 Å². The van der Waals surface area contributed by atoms with Gasteiger partial charge in [0.25, 0.3) is 0 Å². The van der Waals surface area contributed by atoms with Gasteiger partial charge in [0.2, 0.25) is 11.9 Å². The number of amides is 1. The molecule has 1 fully saturated rings. The zero-order valence-corrected chi connectivity index (χ0v) is 22.0. The summed E-state index contributed by atoms with van der Waals surface area (Å²) in [5, 5.41) is 2.80. The lowest BCUT2D eigenvalue weighted by Gasteiger charge is -2.35. The van der Waals surface area contributed by atoms with Crippen LogP contribution < -0.4 is 10.2 Å². The van der Waals surface area contributed by atoms with Crippen molar-refractivity contribution in [2.24, 2.45) is 0 Å². The van der Waals surface area contributed by atoms with E-state index < -0.39 is 15.1 Å². The number of carbonyl (C=O) groups excluding carboxylic acids is 1. The summed E-state index contributed by atoms with van der Waals surface area (Å²) in [4.78, 5) is 26.4. The van der Waals surface area contributed by atoms with E-state index in [2.05, 4.69) is 15.2 Å². The lowest BCUT2D eigenvalue weighted by molar-refractivity contribution is -0.130. The molecule has 0 saturated carbocycles. The van der Waals surface area contributed by atoms with Crippen LogP contribution in [-0.2, 0) is 21.1 Å². The Morgan fingerprint density at radius 2 is 1.58 bits per heavy atom. The number of anilines is 3. The zero-order valence-electron chi connectivity index (χ0n) is 21.2. The Labute approximate surface area is 213 Å². The van der Waals surface area contributed by atoms with E-state index in [1.165, 1.54) is 5.56 Å². The molecule has 2 heterocycles. The number of sulfone groups is 1. The van der Waals surface area contributed by atoms with Crippen LogP contribution in [0, 0.1) is 13.8 Å². The van der Waals surface area contributed by atoms with Gasteiger partial charge in [0, 0.05) is 43.6 Å². The average molecular weight is 508 g/mol. The summed E-state index contributed by atoms with van der Waals surface area (Å²) < 4.78 is 24.6. The predicted octanol–water partition coefficient (Wildman–Crippen LogP) is 3.91. The Hall–Kier alpha value is -3.46. The number of piperazine rings is 1. The molecular formula is C27H33N5O3S. The van der Waals surface area contributed by atoms with E-state index >= 15 is 0 Å². The van der Waals surface area contributed by atoms with E-state index in [1.807, 2.05) is 49.1 Å². The standard InChI is InChI=1S/C27H33N5O3S/c1-19(2)36(34,35)24-11-7-22(8-12-24)18-26(33)32-15-13-31(14-16-32)25-17-21(4)28-27(30-25)29-23-9-5-20(3)6-10-23/h5-12,17,19H,13-16,18H2,1-4H3,(H,28,29,30). The molecule has 1 N–H and O–H groups in total. The highest BCUT2D eigenvalue weighted by molar-refractivity contribution is 7.92. The van der Waals surface area contributed by atoms with E-state index in [0.717, 1.165) is 22.8 Å². The molecule has 8 nitrogen and oxygen atoms in total. The number of nitrogens with one attached hydrogen (secondary N) is 1. The molecule has 0 bridgehead atoms. The Morgan fingerprint density at radius 1 is 0.944 bits per heavy atom. The van der Waals surface area contributed by atoms with Crippen LogP contribution >= 0.6 is 0 Å². The molecule has 0 aliphatic carbocycles. The van der Waals surface area contributed by atoms with Gasteiger partial charge >= 0.3 is 0 Å². The lowest BCUT2D eigenvalue weighted by Crippen LogP contribution is -2.49. The number of benzene rings is 2. The summed E-state index contributed by atoms with van der Waals surface area (Å²) in [6.07, 6.45) is 0.249. The maximum absolute atomic E-state index is 12.9. The molecule has 0 unspecified atom stereocenters. The van der Waals surface area contributed by atoms with Crippen LogP contribution in [0.2, 0.25) is 0 Å². The van der Waals surface area contributed by atoms with Crippen molar-refractivity contribution in [3.8, 4) is 0 Å². The summed E-state index contributed by atoms with van der Waals surface area (Å²) in [5.74, 6) is 1.43. The summed E-state index contributed by atoms with van der Waals surface area (Å²) in [6.45, 7) is 9.88. The Morgan fingerprint density at radius 3 is 2.19 bits per heavy atom. The van der Waals surface area contributed by atoms with Gasteiger partial charge in [-0.05, 0) is 57.5 Å². The molecule has 190 valence electrons. The van der Waals surface area contributed by atoms with Crippen LogP contribution in [0.1, 0.15) is 30.7 Å². The molecule has 1 amide bonds. The SMILES string of the molecule is Cc1ccc(Nc2nc(C)cc(N3CCN(C(=O)Cc4ccc(S(=O)(=O)C(C)C)cc4)CC3)n2)cc1. The molecule has 1 aliphatic rings. The number of nitrogens with zero attached hydrogens (tertiary/aromatic N) is 4. The third kappa shape index (κ3) is 6.02. The fourth-order valence-electron chi connectivity index (χ4n) is 4.08. The second-order valence-corrected chi connectivity index (χ2v) is 12.0. The molecule has 36 heavy (non-hydrogen) atoms. The van der Waals surface area contributed by atoms with Gasteiger partial charge in [-0.15, -0.1) is 0 Å². The van der Waals surface area contributed by atoms with Crippen LogP contribution in [0.3, 0.4) is 0 Å². The quantitative estimate of drug-likeness (QED) is 0.518. The molecule has 1 saturated heterocycles. The van der Waals surface area contributed by atoms with Crippen molar-refractivity contribution in [3.63, 3.8) is 0 Å². The monoisotopic (exact) mass is 507 g/mol. The summed E-state index contributed by atoms with van der Waals surface area (Å²) in [5.41, 5.74) is 3.80. The molecule has 1 aromatic heterocycles. The molecule has 4 rings (SSSR count). The fourth-order valence-corrected chi connectivity index (χ4v) is 5.14. The van der Waals surface area contributed by atoms with Crippen molar-refractivity contribution in [1.82, 2.24) is 14.9 Å². The number of hydrogen-bond donors (Lipinski definition) is 1. The van der Waals surface area contributed by atoms with Gasteiger partial charge < -0.3 is 15.1 Å². The van der Waals surface area contributed by atoms with Gasteiger partial charge in [-0.25, -0.2) is 13.4 Å². The van der Waals surface area contributed by atoms with Crippen molar-refractivity contribution in [1.29, 1.82) is 0 Å². The second-order valence-electron chi connectivity index (χ2n) is 9.46. The van der Waals surface area contributed by atoms with Gasteiger partial charge in [-0.3, -0.25) is 4.79 Å². The van der Waals surface area contributed by atoms with Crippen molar-refractivity contribution in [2.45, 2.75) is 44.3 Å². The largest absolute Gasteiger partial charge is 0.353 e. The third-order valence-electron chi connectivity index (χ3n) is 6.33. The molecule has 0 radical (unpaired) electrons. The maximum Gasteiger partial charge on any atom is 0.229 e. The third-order valence-corrected chi connectivity index (χ3v) is 8.50. The van der Waals surface area contributed by atoms with Gasteiger partial charge in [0.1, 0.15) is 5.82 Å². The average Bonchev–Trinajstić information content (AvgIpc) is 2.85. The zero-order chi connectivity index (χ0) is 25.9. The Kier molecular flexibility index (Phi) is 7.59. The molecule has 2 aromatic carbocycles. The smallest absolute Gasteiger partial charge is 0.229 e. The van der Waals surface area contributed by atoms with Crippen molar-refractivity contribution >= 4 is 33.2 Å². The van der Waals surface area contributed by atoms with E-state index in [0.29, 0.717) is 37.0 Å². The van der Waals surface area contributed by atoms with Crippen LogP contribution in [0.5, 0.6) is 0 Å². The maximum atomic E-state index is 12.9. The number of aromatic nitrogens is 2. The van der Waals surface area contributed by atoms with E-state index in [-0.39, 0.29) is 12.3 Å². The first-order valence-corrected chi connectivity index (χ1v) is 13.7. The minimum absolute atomic E-state index is 0.0368. The first kappa shape index (κ1) is 25.6. The summed E-state index contributed by atoms with van der Waals surface area (Å²) >= 11 is 0. The first-order valence-electron chi connectivity index (χ1n) is 12.2. The summed E-state index contributed by atoms with van der Waals surface area (Å²) in [6, 6.07) is 16.7. The fraction of sp³-hybridized carbons (Fsp3) is 0.370. The minimum Gasteiger partial charge on any atom is -0.353 e. The Balaban J connectivity index is 1.35. The highest BCUT2D eigenvalue weighted by Gasteiger charge is 2.23. The van der Waals surface area contributed by atoms with Crippen LogP contribution in [-0.4, -0.2) is 60.6 Å². The molecule has 3 aromatic rings. The molecule has 9 heteroatoms. The number of hydrogen-bond acceptors (Lipinski definition) is 7. The van der Waals surface area contributed by atoms with Crippen molar-refractivity contribution in [2.75, 3.05) is 36.4 Å². The van der Waals surface area contributed by atoms with E-state index in [9.17, 15) is 13.2 Å². The summed E-state index contributed by atoms with van der Waals surface area (Å²) in [7, 11) is -3.32. The topological polar surface area (TPSA) is 95.5 Å². The van der Waals surface area contributed by atoms with Crippen molar-refractivity contribution in [3.05, 3.63) is 71.4 Å². The van der Waals surface area contributed by atoms with E-state index in [1.54, 1.807) is 38.1 Å². The second kappa shape index (κ2) is 10.7. The first-order chi connectivity index (χ1) is 17.1. The highest BCUT2D eigenvalue weighted by Crippen LogP contribution is 2.21. The minimum atomic E-state index is -3.32. The van der Waals surface area contributed by atoms with E-state index in [4.69, 9.17) is 4.98 Å². The van der Waals surface area contributed by atoms with Crippen molar-refractivity contribution < 1.29 is 13.2 Å².